The van der Waals surface area contributed by atoms with Crippen molar-refractivity contribution < 1.29 is 4.42 Å². The summed E-state index contributed by atoms with van der Waals surface area (Å²) in [4.78, 5) is 0. The SMILES string of the molecule is CCNCc1cn(Cc2ccco2)nn1. The maximum Gasteiger partial charge on any atom is 0.125 e. The average Bonchev–Trinajstić information content (AvgIpc) is 2.87. The normalized spacial score (nSPS) is 10.7. The number of aromatic nitrogens is 3. The molecule has 0 atom stereocenters. The number of hydrogen-bond donors (Lipinski definition) is 1. The second-order valence-corrected chi connectivity index (χ2v) is 3.27. The van der Waals surface area contributed by atoms with Gasteiger partial charge in [0, 0.05) is 6.54 Å². The highest BCUT2D eigenvalue weighted by atomic mass is 16.3. The van der Waals surface area contributed by atoms with Crippen molar-refractivity contribution in [1.29, 1.82) is 0 Å². The van der Waals surface area contributed by atoms with Crippen LogP contribution in [-0.4, -0.2) is 21.5 Å². The quantitative estimate of drug-likeness (QED) is 0.793. The van der Waals surface area contributed by atoms with Crippen molar-refractivity contribution in [3.8, 4) is 0 Å². The van der Waals surface area contributed by atoms with Crippen LogP contribution in [0.4, 0.5) is 0 Å². The van der Waals surface area contributed by atoms with E-state index in [1.807, 2.05) is 18.3 Å². The van der Waals surface area contributed by atoms with Gasteiger partial charge in [0.25, 0.3) is 0 Å². The molecule has 5 nitrogen and oxygen atoms in total. The van der Waals surface area contributed by atoms with Gasteiger partial charge >= 0.3 is 0 Å². The lowest BCUT2D eigenvalue weighted by atomic mass is 10.4. The van der Waals surface area contributed by atoms with Crippen LogP contribution < -0.4 is 5.32 Å². The largest absolute Gasteiger partial charge is 0.467 e. The van der Waals surface area contributed by atoms with Gasteiger partial charge in [-0.05, 0) is 18.7 Å². The molecule has 0 aliphatic rings. The Morgan fingerprint density at radius 2 is 2.47 bits per heavy atom. The number of furan rings is 1. The Balaban J connectivity index is 1.95. The Bertz CT molecular complexity index is 393. The van der Waals surface area contributed by atoms with Crippen LogP contribution in [0.1, 0.15) is 18.4 Å². The summed E-state index contributed by atoms with van der Waals surface area (Å²) in [5.41, 5.74) is 0.948. The van der Waals surface area contributed by atoms with Gasteiger partial charge in [-0.3, -0.25) is 0 Å². The summed E-state index contributed by atoms with van der Waals surface area (Å²) in [5, 5.41) is 11.3. The minimum Gasteiger partial charge on any atom is -0.467 e. The molecule has 0 saturated heterocycles. The molecule has 2 heterocycles. The summed E-state index contributed by atoms with van der Waals surface area (Å²) in [6.07, 6.45) is 3.58. The van der Waals surface area contributed by atoms with E-state index in [0.29, 0.717) is 6.54 Å². The predicted molar refractivity (Wildman–Crippen MR) is 55.2 cm³/mol. The van der Waals surface area contributed by atoms with Crippen LogP contribution in [0.2, 0.25) is 0 Å². The summed E-state index contributed by atoms with van der Waals surface area (Å²) >= 11 is 0. The van der Waals surface area contributed by atoms with Crippen molar-refractivity contribution in [2.75, 3.05) is 6.54 Å². The highest BCUT2D eigenvalue weighted by molar-refractivity contribution is 5.00. The molecule has 15 heavy (non-hydrogen) atoms. The van der Waals surface area contributed by atoms with E-state index in [1.165, 1.54) is 0 Å². The summed E-state index contributed by atoms with van der Waals surface area (Å²) in [5.74, 6) is 0.884. The third kappa shape index (κ3) is 2.66. The van der Waals surface area contributed by atoms with Gasteiger partial charge in [-0.25, -0.2) is 4.68 Å². The van der Waals surface area contributed by atoms with Crippen molar-refractivity contribution in [1.82, 2.24) is 20.3 Å². The molecule has 0 aromatic carbocycles. The van der Waals surface area contributed by atoms with Crippen LogP contribution in [0.25, 0.3) is 0 Å². The zero-order valence-electron chi connectivity index (χ0n) is 8.68. The highest BCUT2D eigenvalue weighted by Crippen LogP contribution is 2.02. The number of nitrogens with zero attached hydrogens (tertiary/aromatic N) is 3. The van der Waals surface area contributed by atoms with Gasteiger partial charge in [0.05, 0.1) is 18.2 Å². The second kappa shape index (κ2) is 4.75. The first kappa shape index (κ1) is 9.92. The molecular formula is C10H14N4O. The monoisotopic (exact) mass is 206 g/mol. The topological polar surface area (TPSA) is 55.9 Å². The summed E-state index contributed by atoms with van der Waals surface area (Å²) in [7, 11) is 0. The van der Waals surface area contributed by atoms with E-state index >= 15 is 0 Å². The Kier molecular flexibility index (Phi) is 3.14. The molecular weight excluding hydrogens is 192 g/mol. The van der Waals surface area contributed by atoms with Crippen LogP contribution >= 0.6 is 0 Å². The van der Waals surface area contributed by atoms with E-state index in [4.69, 9.17) is 4.42 Å². The highest BCUT2D eigenvalue weighted by Gasteiger charge is 2.02. The molecule has 0 unspecified atom stereocenters. The lowest BCUT2D eigenvalue weighted by molar-refractivity contribution is 0.475. The molecule has 0 radical (unpaired) electrons. The van der Waals surface area contributed by atoms with Gasteiger partial charge in [0.1, 0.15) is 12.3 Å². The fourth-order valence-electron chi connectivity index (χ4n) is 1.31. The zero-order valence-corrected chi connectivity index (χ0v) is 8.68. The van der Waals surface area contributed by atoms with E-state index in [9.17, 15) is 0 Å². The first-order chi connectivity index (χ1) is 7.38. The maximum atomic E-state index is 5.22. The average molecular weight is 206 g/mol. The standard InChI is InChI=1S/C10H14N4O/c1-2-11-6-9-7-14(13-12-9)8-10-4-3-5-15-10/h3-5,7,11H,2,6,8H2,1H3. The maximum absolute atomic E-state index is 5.22. The van der Waals surface area contributed by atoms with Crippen molar-refractivity contribution >= 4 is 0 Å². The molecule has 0 saturated carbocycles. The van der Waals surface area contributed by atoms with Gasteiger partial charge in [0.15, 0.2) is 0 Å². The Hall–Kier alpha value is -1.62. The van der Waals surface area contributed by atoms with Crippen molar-refractivity contribution in [2.24, 2.45) is 0 Å². The van der Waals surface area contributed by atoms with Crippen molar-refractivity contribution in [2.45, 2.75) is 20.0 Å². The van der Waals surface area contributed by atoms with Crippen LogP contribution in [-0.2, 0) is 13.1 Å². The Labute approximate surface area is 88.1 Å². The van der Waals surface area contributed by atoms with Crippen LogP contribution in [0.5, 0.6) is 0 Å². The molecule has 0 bridgehead atoms. The first-order valence-corrected chi connectivity index (χ1v) is 5.00. The molecule has 0 spiro atoms. The molecule has 80 valence electrons. The van der Waals surface area contributed by atoms with E-state index in [1.54, 1.807) is 10.9 Å². The van der Waals surface area contributed by atoms with E-state index in [2.05, 4.69) is 22.6 Å². The summed E-state index contributed by atoms with van der Waals surface area (Å²) in [6.45, 7) is 4.39. The zero-order chi connectivity index (χ0) is 10.5. The minimum absolute atomic E-state index is 0.631. The minimum atomic E-state index is 0.631. The molecule has 0 fully saturated rings. The summed E-state index contributed by atoms with van der Waals surface area (Å²) in [6, 6.07) is 3.79. The van der Waals surface area contributed by atoms with Gasteiger partial charge < -0.3 is 9.73 Å². The Morgan fingerprint density at radius 3 is 3.20 bits per heavy atom. The van der Waals surface area contributed by atoms with Crippen LogP contribution in [0.15, 0.2) is 29.0 Å². The van der Waals surface area contributed by atoms with E-state index in [0.717, 1.165) is 24.5 Å². The van der Waals surface area contributed by atoms with E-state index < -0.39 is 0 Å². The fraction of sp³-hybridized carbons (Fsp3) is 0.400. The molecule has 2 aromatic rings. The molecule has 1 N–H and O–H groups in total. The van der Waals surface area contributed by atoms with Crippen LogP contribution in [0, 0.1) is 0 Å². The first-order valence-electron chi connectivity index (χ1n) is 5.00. The predicted octanol–water partition coefficient (Wildman–Crippen LogP) is 1.03. The lowest BCUT2D eigenvalue weighted by Crippen LogP contribution is -2.11. The molecule has 0 aliphatic carbocycles. The third-order valence-corrected chi connectivity index (χ3v) is 2.04. The summed E-state index contributed by atoms with van der Waals surface area (Å²) < 4.78 is 6.99. The van der Waals surface area contributed by atoms with Gasteiger partial charge in [-0.2, -0.15) is 0 Å². The van der Waals surface area contributed by atoms with Gasteiger partial charge in [0.2, 0.25) is 0 Å². The molecule has 2 aromatic heterocycles. The van der Waals surface area contributed by atoms with Crippen LogP contribution in [0.3, 0.4) is 0 Å². The molecule has 2 rings (SSSR count). The second-order valence-electron chi connectivity index (χ2n) is 3.27. The van der Waals surface area contributed by atoms with Gasteiger partial charge in [-0.1, -0.05) is 12.1 Å². The fourth-order valence-corrected chi connectivity index (χ4v) is 1.31. The van der Waals surface area contributed by atoms with Crippen molar-refractivity contribution in [3.63, 3.8) is 0 Å². The molecule has 5 heteroatoms. The Morgan fingerprint density at radius 1 is 1.53 bits per heavy atom. The smallest absolute Gasteiger partial charge is 0.125 e. The van der Waals surface area contributed by atoms with Gasteiger partial charge in [-0.15, -0.1) is 5.10 Å². The lowest BCUT2D eigenvalue weighted by Gasteiger charge is -1.95. The van der Waals surface area contributed by atoms with E-state index in [-0.39, 0.29) is 0 Å². The number of rotatable bonds is 5. The number of nitrogens with one attached hydrogen (secondary N) is 1. The number of hydrogen-bond acceptors (Lipinski definition) is 4. The third-order valence-electron chi connectivity index (χ3n) is 2.04. The molecule has 0 amide bonds. The van der Waals surface area contributed by atoms with Crippen molar-refractivity contribution in [3.05, 3.63) is 36.0 Å². The molecule has 0 aliphatic heterocycles.